The molecule has 2 rings (SSSR count). The Morgan fingerprint density at radius 1 is 1.53 bits per heavy atom. The zero-order valence-corrected chi connectivity index (χ0v) is 12.4. The second kappa shape index (κ2) is 7.38. The maximum atomic E-state index is 12.8. The fourth-order valence-electron chi connectivity index (χ4n) is 2.35. The van der Waals surface area contributed by atoms with Gasteiger partial charge in [-0.15, -0.1) is 0 Å². The summed E-state index contributed by atoms with van der Waals surface area (Å²) < 4.78 is 13.2. The molecule has 1 aliphatic rings. The van der Waals surface area contributed by atoms with Gasteiger partial charge in [0.25, 0.3) is 5.26 Å². The highest BCUT2D eigenvalue weighted by molar-refractivity contribution is 7.15. The molecular weight excluding hydrogens is 287 g/mol. The van der Waals surface area contributed by atoms with Crippen molar-refractivity contribution in [3.8, 4) is 0 Å². The van der Waals surface area contributed by atoms with Gasteiger partial charge in [0.2, 0.25) is 0 Å². The molecular formula is C12H20ClFN4S. The highest BCUT2D eigenvalue weighted by Gasteiger charge is 2.15. The first-order chi connectivity index (χ1) is 9.15. The van der Waals surface area contributed by atoms with E-state index in [2.05, 4.69) is 15.2 Å². The number of nitrogens with one attached hydrogen (secondary N) is 1. The van der Waals surface area contributed by atoms with Crippen LogP contribution in [0.4, 0.5) is 10.2 Å². The lowest BCUT2D eigenvalue weighted by molar-refractivity contribution is 0.206. The monoisotopic (exact) mass is 306 g/mol. The van der Waals surface area contributed by atoms with Crippen molar-refractivity contribution in [3.05, 3.63) is 9.60 Å². The molecule has 1 aromatic heterocycles. The van der Waals surface area contributed by atoms with Gasteiger partial charge in [0.1, 0.15) is 4.34 Å². The summed E-state index contributed by atoms with van der Waals surface area (Å²) >= 11 is 6.69. The van der Waals surface area contributed by atoms with Gasteiger partial charge in [-0.2, -0.15) is 9.37 Å². The number of unbranched alkanes of at least 4 members (excludes halogenated alkanes) is 1. The molecule has 108 valence electrons. The quantitative estimate of drug-likeness (QED) is 0.793. The molecule has 0 amide bonds. The molecule has 0 saturated carbocycles. The Bertz CT molecular complexity index is 401. The maximum absolute atomic E-state index is 12.8. The van der Waals surface area contributed by atoms with Crippen molar-refractivity contribution >= 4 is 28.8 Å². The zero-order chi connectivity index (χ0) is 13.7. The first-order valence-electron chi connectivity index (χ1n) is 6.69. The SMILES string of the molecule is N[C@@H]1CCCN(CCCCNc2nc(F)sc2Cl)C1. The van der Waals surface area contributed by atoms with Crippen molar-refractivity contribution in [3.63, 3.8) is 0 Å². The Morgan fingerprint density at radius 3 is 3.05 bits per heavy atom. The van der Waals surface area contributed by atoms with Crippen LogP contribution in [-0.2, 0) is 0 Å². The number of halogens is 2. The first kappa shape index (κ1) is 15.0. The highest BCUT2D eigenvalue weighted by atomic mass is 35.5. The number of rotatable bonds is 6. The first-order valence-corrected chi connectivity index (χ1v) is 7.88. The molecule has 0 aromatic carbocycles. The molecule has 0 unspecified atom stereocenters. The van der Waals surface area contributed by atoms with E-state index in [-0.39, 0.29) is 0 Å². The molecule has 0 radical (unpaired) electrons. The standard InChI is InChI=1S/C12H20ClFN4S/c13-10-11(17-12(14)19-10)16-5-1-2-6-18-7-3-4-9(15)8-18/h9,16H,1-8,15H2/t9-/m1/s1. The largest absolute Gasteiger partial charge is 0.368 e. The van der Waals surface area contributed by atoms with E-state index >= 15 is 0 Å². The van der Waals surface area contributed by atoms with Crippen molar-refractivity contribution in [2.75, 3.05) is 31.5 Å². The van der Waals surface area contributed by atoms with Gasteiger partial charge in [-0.25, -0.2) is 0 Å². The van der Waals surface area contributed by atoms with E-state index in [1.807, 2.05) is 0 Å². The highest BCUT2D eigenvalue weighted by Crippen LogP contribution is 2.27. The minimum Gasteiger partial charge on any atom is -0.368 e. The third-order valence-electron chi connectivity index (χ3n) is 3.30. The van der Waals surface area contributed by atoms with E-state index in [1.165, 1.54) is 6.42 Å². The molecule has 1 atom stereocenters. The fourth-order valence-corrected chi connectivity index (χ4v) is 3.15. The molecule has 7 heteroatoms. The lowest BCUT2D eigenvalue weighted by atomic mass is 10.1. The molecule has 0 spiro atoms. The fraction of sp³-hybridized carbons (Fsp3) is 0.750. The van der Waals surface area contributed by atoms with Gasteiger partial charge < -0.3 is 16.0 Å². The summed E-state index contributed by atoms with van der Waals surface area (Å²) in [7, 11) is 0. The van der Waals surface area contributed by atoms with Gasteiger partial charge >= 0.3 is 0 Å². The van der Waals surface area contributed by atoms with Gasteiger partial charge in [0.15, 0.2) is 5.82 Å². The van der Waals surface area contributed by atoms with Crippen LogP contribution in [0.2, 0.25) is 4.34 Å². The number of piperidine rings is 1. The summed E-state index contributed by atoms with van der Waals surface area (Å²) in [5.41, 5.74) is 5.94. The lowest BCUT2D eigenvalue weighted by Crippen LogP contribution is -2.43. The maximum Gasteiger partial charge on any atom is 0.272 e. The van der Waals surface area contributed by atoms with Crippen LogP contribution in [0.5, 0.6) is 0 Å². The van der Waals surface area contributed by atoms with E-state index in [4.69, 9.17) is 17.3 Å². The Labute approximate surface area is 122 Å². The third-order valence-corrected chi connectivity index (χ3v) is 4.34. The smallest absolute Gasteiger partial charge is 0.272 e. The van der Waals surface area contributed by atoms with Crippen molar-refractivity contribution < 1.29 is 4.39 Å². The molecule has 3 N–H and O–H groups in total. The number of nitrogens with two attached hydrogens (primary N) is 1. The minimum atomic E-state index is -0.491. The molecule has 2 heterocycles. The summed E-state index contributed by atoms with van der Waals surface area (Å²) in [5, 5.41) is 2.57. The predicted molar refractivity (Wildman–Crippen MR) is 78.5 cm³/mol. The van der Waals surface area contributed by atoms with Crippen LogP contribution in [0, 0.1) is 5.26 Å². The Hall–Kier alpha value is -0.430. The van der Waals surface area contributed by atoms with Crippen LogP contribution < -0.4 is 11.1 Å². The molecule has 0 aliphatic carbocycles. The molecule has 1 aliphatic heterocycles. The van der Waals surface area contributed by atoms with Crippen molar-refractivity contribution in [2.45, 2.75) is 31.7 Å². The molecule has 19 heavy (non-hydrogen) atoms. The summed E-state index contributed by atoms with van der Waals surface area (Å²) in [6, 6.07) is 0.337. The van der Waals surface area contributed by atoms with Gasteiger partial charge in [0.05, 0.1) is 0 Å². The number of anilines is 1. The van der Waals surface area contributed by atoms with Crippen molar-refractivity contribution in [2.24, 2.45) is 5.73 Å². The topological polar surface area (TPSA) is 54.2 Å². The van der Waals surface area contributed by atoms with Gasteiger partial charge in [-0.1, -0.05) is 22.9 Å². The summed E-state index contributed by atoms with van der Waals surface area (Å²) in [6.07, 6.45) is 4.46. The minimum absolute atomic E-state index is 0.337. The number of thiazole rings is 1. The average Bonchev–Trinajstić information content (AvgIpc) is 2.68. The average molecular weight is 307 g/mol. The van der Waals surface area contributed by atoms with Gasteiger partial charge in [-0.3, -0.25) is 0 Å². The molecule has 1 aromatic rings. The zero-order valence-electron chi connectivity index (χ0n) is 10.9. The molecule has 1 fully saturated rings. The van der Waals surface area contributed by atoms with Crippen LogP contribution in [0.15, 0.2) is 0 Å². The van der Waals surface area contributed by atoms with E-state index in [0.29, 0.717) is 16.2 Å². The van der Waals surface area contributed by atoms with E-state index in [9.17, 15) is 4.39 Å². The van der Waals surface area contributed by atoms with E-state index < -0.39 is 5.26 Å². The van der Waals surface area contributed by atoms with Gasteiger partial charge in [0, 0.05) is 19.1 Å². The number of aromatic nitrogens is 1. The molecule has 0 bridgehead atoms. The molecule has 4 nitrogen and oxygen atoms in total. The van der Waals surface area contributed by atoms with Crippen LogP contribution >= 0.6 is 22.9 Å². The Morgan fingerprint density at radius 2 is 2.37 bits per heavy atom. The van der Waals surface area contributed by atoms with E-state index in [1.54, 1.807) is 0 Å². The Kier molecular flexibility index (Phi) is 5.81. The van der Waals surface area contributed by atoms with Crippen LogP contribution in [-0.4, -0.2) is 42.1 Å². The van der Waals surface area contributed by atoms with Crippen LogP contribution in [0.1, 0.15) is 25.7 Å². The lowest BCUT2D eigenvalue weighted by Gasteiger charge is -2.30. The summed E-state index contributed by atoms with van der Waals surface area (Å²) in [6.45, 7) is 4.01. The van der Waals surface area contributed by atoms with E-state index in [0.717, 1.165) is 56.8 Å². The summed E-state index contributed by atoms with van der Waals surface area (Å²) in [5.74, 6) is 0.462. The van der Waals surface area contributed by atoms with Crippen molar-refractivity contribution in [1.29, 1.82) is 0 Å². The second-order valence-electron chi connectivity index (χ2n) is 4.93. The Balaban J connectivity index is 1.58. The van der Waals surface area contributed by atoms with Crippen LogP contribution in [0.3, 0.4) is 0 Å². The van der Waals surface area contributed by atoms with Crippen LogP contribution in [0.25, 0.3) is 0 Å². The van der Waals surface area contributed by atoms with Gasteiger partial charge in [-0.05, 0) is 38.8 Å². The summed E-state index contributed by atoms with van der Waals surface area (Å²) in [4.78, 5) is 6.11. The van der Waals surface area contributed by atoms with Crippen molar-refractivity contribution in [1.82, 2.24) is 9.88 Å². The number of hydrogen-bond donors (Lipinski definition) is 2. The molecule has 1 saturated heterocycles. The number of hydrogen-bond acceptors (Lipinski definition) is 5. The number of likely N-dealkylation sites (tertiary alicyclic amines) is 1. The second-order valence-corrected chi connectivity index (χ2v) is 6.48. The normalized spacial score (nSPS) is 20.7. The third kappa shape index (κ3) is 4.87. The number of nitrogens with zero attached hydrogens (tertiary/aromatic N) is 2. The predicted octanol–water partition coefficient (Wildman–Crippen LogP) is 2.55.